The van der Waals surface area contributed by atoms with Crippen LogP contribution in [0, 0.1) is 0 Å². The quantitative estimate of drug-likeness (QED) is 0.494. The molecule has 0 bridgehead atoms. The van der Waals surface area contributed by atoms with Gasteiger partial charge in [-0.25, -0.2) is 4.79 Å². The van der Waals surface area contributed by atoms with Crippen LogP contribution in [0.4, 0.5) is 16.2 Å². The third kappa shape index (κ3) is 3.15. The van der Waals surface area contributed by atoms with Gasteiger partial charge in [-0.05, 0) is 24.3 Å². The first-order valence-electron chi connectivity index (χ1n) is 5.42. The highest BCUT2D eigenvalue weighted by atomic mass is 16.3. The average molecular weight is 243 g/mol. The van der Waals surface area contributed by atoms with E-state index in [1.165, 1.54) is 6.07 Å². The molecule has 5 nitrogen and oxygen atoms in total. The van der Waals surface area contributed by atoms with Crippen LogP contribution >= 0.6 is 0 Å². The number of benzene rings is 2. The Morgan fingerprint density at radius 3 is 2.33 bits per heavy atom. The van der Waals surface area contributed by atoms with Crippen LogP contribution in [0.25, 0.3) is 0 Å². The van der Waals surface area contributed by atoms with Crippen molar-refractivity contribution in [3.8, 4) is 5.75 Å². The number of urea groups is 1. The molecule has 5 heteroatoms. The molecule has 2 amide bonds. The molecule has 0 radical (unpaired) electrons. The molecule has 0 saturated heterocycles. The number of para-hydroxylation sites is 3. The first kappa shape index (κ1) is 11.8. The van der Waals surface area contributed by atoms with Gasteiger partial charge < -0.3 is 10.4 Å². The monoisotopic (exact) mass is 243 g/mol. The van der Waals surface area contributed by atoms with Gasteiger partial charge in [0.1, 0.15) is 5.75 Å². The van der Waals surface area contributed by atoms with Crippen molar-refractivity contribution >= 4 is 17.4 Å². The Hall–Kier alpha value is -2.69. The molecule has 0 heterocycles. The van der Waals surface area contributed by atoms with Gasteiger partial charge in [0.2, 0.25) is 0 Å². The Balaban J connectivity index is 1.88. The summed E-state index contributed by atoms with van der Waals surface area (Å²) in [6, 6.07) is 15.3. The SMILES string of the molecule is O=C(NNc1ccccc1)Nc1ccccc1O. The van der Waals surface area contributed by atoms with Gasteiger partial charge in [-0.15, -0.1) is 0 Å². The maximum atomic E-state index is 11.5. The molecular weight excluding hydrogens is 230 g/mol. The van der Waals surface area contributed by atoms with E-state index in [0.29, 0.717) is 5.69 Å². The Labute approximate surface area is 104 Å². The van der Waals surface area contributed by atoms with Crippen LogP contribution in [0.5, 0.6) is 5.75 Å². The lowest BCUT2D eigenvalue weighted by Gasteiger charge is -2.10. The summed E-state index contributed by atoms with van der Waals surface area (Å²) in [6.07, 6.45) is 0. The fraction of sp³-hybridized carbons (Fsp3) is 0. The fourth-order valence-electron chi connectivity index (χ4n) is 1.38. The third-order valence-electron chi connectivity index (χ3n) is 2.25. The molecule has 0 aliphatic rings. The predicted molar refractivity (Wildman–Crippen MR) is 70.3 cm³/mol. The summed E-state index contributed by atoms with van der Waals surface area (Å²) in [7, 11) is 0. The zero-order chi connectivity index (χ0) is 12.8. The van der Waals surface area contributed by atoms with E-state index in [4.69, 9.17) is 0 Å². The fourth-order valence-corrected chi connectivity index (χ4v) is 1.38. The molecule has 92 valence electrons. The molecule has 0 unspecified atom stereocenters. The van der Waals surface area contributed by atoms with E-state index < -0.39 is 6.03 Å². The number of hydrogen-bond donors (Lipinski definition) is 4. The molecule has 0 saturated carbocycles. The van der Waals surface area contributed by atoms with E-state index in [1.807, 2.05) is 30.3 Å². The van der Waals surface area contributed by atoms with Crippen molar-refractivity contribution in [3.05, 3.63) is 54.6 Å². The number of carbonyl (C=O) groups is 1. The van der Waals surface area contributed by atoms with Crippen LogP contribution in [-0.2, 0) is 0 Å². The number of hydrazine groups is 1. The molecule has 0 aromatic heterocycles. The van der Waals surface area contributed by atoms with Crippen molar-refractivity contribution in [3.63, 3.8) is 0 Å². The average Bonchev–Trinajstić information content (AvgIpc) is 2.40. The van der Waals surface area contributed by atoms with E-state index in [9.17, 15) is 9.90 Å². The number of phenols is 1. The summed E-state index contributed by atoms with van der Waals surface area (Å²) in [5, 5.41) is 12.0. The number of rotatable bonds is 3. The van der Waals surface area contributed by atoms with Crippen LogP contribution in [0.2, 0.25) is 0 Å². The molecule has 0 fully saturated rings. The van der Waals surface area contributed by atoms with Crippen molar-refractivity contribution in [2.24, 2.45) is 0 Å². The number of hydrogen-bond acceptors (Lipinski definition) is 3. The lowest BCUT2D eigenvalue weighted by molar-refractivity contribution is 0.253. The summed E-state index contributed by atoms with van der Waals surface area (Å²) < 4.78 is 0. The molecule has 2 aromatic carbocycles. The van der Waals surface area contributed by atoms with E-state index in [0.717, 1.165) is 5.69 Å². The molecule has 0 aliphatic carbocycles. The van der Waals surface area contributed by atoms with Gasteiger partial charge in [0.25, 0.3) is 0 Å². The van der Waals surface area contributed by atoms with Crippen molar-refractivity contribution in [1.29, 1.82) is 0 Å². The summed E-state index contributed by atoms with van der Waals surface area (Å²) >= 11 is 0. The molecule has 18 heavy (non-hydrogen) atoms. The summed E-state index contributed by atoms with van der Waals surface area (Å²) in [5.74, 6) is 0.0207. The van der Waals surface area contributed by atoms with Crippen molar-refractivity contribution in [2.45, 2.75) is 0 Å². The maximum Gasteiger partial charge on any atom is 0.337 e. The molecule has 4 N–H and O–H groups in total. The lowest BCUT2D eigenvalue weighted by atomic mass is 10.3. The van der Waals surface area contributed by atoms with Gasteiger partial charge in [0.15, 0.2) is 0 Å². The van der Waals surface area contributed by atoms with E-state index >= 15 is 0 Å². The Morgan fingerprint density at radius 1 is 0.944 bits per heavy atom. The van der Waals surface area contributed by atoms with Crippen LogP contribution in [0.3, 0.4) is 0 Å². The molecule has 0 atom stereocenters. The highest BCUT2D eigenvalue weighted by Crippen LogP contribution is 2.21. The van der Waals surface area contributed by atoms with Gasteiger partial charge in [-0.1, -0.05) is 30.3 Å². The Morgan fingerprint density at radius 2 is 1.61 bits per heavy atom. The maximum absolute atomic E-state index is 11.5. The molecule has 2 aromatic rings. The summed E-state index contributed by atoms with van der Waals surface area (Å²) in [4.78, 5) is 11.5. The number of carbonyl (C=O) groups excluding carboxylic acids is 1. The smallest absolute Gasteiger partial charge is 0.337 e. The van der Waals surface area contributed by atoms with Gasteiger partial charge in [0, 0.05) is 0 Å². The van der Waals surface area contributed by atoms with Crippen molar-refractivity contribution in [2.75, 3.05) is 10.7 Å². The zero-order valence-electron chi connectivity index (χ0n) is 9.55. The number of nitrogens with one attached hydrogen (secondary N) is 3. The number of anilines is 2. The van der Waals surface area contributed by atoms with Gasteiger partial charge in [-0.2, -0.15) is 0 Å². The zero-order valence-corrected chi connectivity index (χ0v) is 9.55. The minimum Gasteiger partial charge on any atom is -0.506 e. The van der Waals surface area contributed by atoms with Crippen LogP contribution in [0.1, 0.15) is 0 Å². The van der Waals surface area contributed by atoms with E-state index in [1.54, 1.807) is 18.2 Å². The lowest BCUT2D eigenvalue weighted by Crippen LogP contribution is -2.33. The standard InChI is InChI=1S/C13H13N3O2/c17-12-9-5-4-8-11(12)14-13(18)16-15-10-6-2-1-3-7-10/h1-9,15,17H,(H2,14,16,18). The van der Waals surface area contributed by atoms with E-state index in [-0.39, 0.29) is 5.75 Å². The van der Waals surface area contributed by atoms with Gasteiger partial charge in [-0.3, -0.25) is 10.9 Å². The molecule has 2 rings (SSSR count). The van der Waals surface area contributed by atoms with Gasteiger partial charge in [0.05, 0.1) is 11.4 Å². The van der Waals surface area contributed by atoms with Crippen LogP contribution in [0.15, 0.2) is 54.6 Å². The Kier molecular flexibility index (Phi) is 3.66. The largest absolute Gasteiger partial charge is 0.506 e. The number of aromatic hydroxyl groups is 1. The molecule has 0 aliphatic heterocycles. The first-order valence-corrected chi connectivity index (χ1v) is 5.42. The third-order valence-corrected chi connectivity index (χ3v) is 2.25. The van der Waals surface area contributed by atoms with Gasteiger partial charge >= 0.3 is 6.03 Å². The molecular formula is C13H13N3O2. The summed E-state index contributed by atoms with van der Waals surface area (Å²) in [5.41, 5.74) is 6.32. The highest BCUT2D eigenvalue weighted by Gasteiger charge is 2.04. The second kappa shape index (κ2) is 5.58. The second-order valence-corrected chi connectivity index (χ2v) is 3.59. The number of phenolic OH excluding ortho intramolecular Hbond substituents is 1. The first-order chi connectivity index (χ1) is 8.75. The minimum absolute atomic E-state index is 0.0207. The highest BCUT2D eigenvalue weighted by molar-refractivity contribution is 5.91. The van der Waals surface area contributed by atoms with E-state index in [2.05, 4.69) is 16.2 Å². The number of amides is 2. The van der Waals surface area contributed by atoms with Crippen molar-refractivity contribution in [1.82, 2.24) is 5.43 Å². The molecule has 0 spiro atoms. The normalized spacial score (nSPS) is 9.56. The topological polar surface area (TPSA) is 73.4 Å². The predicted octanol–water partition coefficient (Wildman–Crippen LogP) is 2.54. The van der Waals surface area contributed by atoms with Crippen molar-refractivity contribution < 1.29 is 9.90 Å². The Bertz CT molecular complexity index is 529. The second-order valence-electron chi connectivity index (χ2n) is 3.59. The van der Waals surface area contributed by atoms with Crippen LogP contribution in [-0.4, -0.2) is 11.1 Å². The van der Waals surface area contributed by atoms with Crippen LogP contribution < -0.4 is 16.2 Å². The minimum atomic E-state index is -0.458. The summed E-state index contributed by atoms with van der Waals surface area (Å²) in [6.45, 7) is 0.